The van der Waals surface area contributed by atoms with Gasteiger partial charge in [0.2, 0.25) is 5.91 Å². The van der Waals surface area contributed by atoms with E-state index in [4.69, 9.17) is 0 Å². The van der Waals surface area contributed by atoms with Crippen molar-refractivity contribution in [3.63, 3.8) is 0 Å². The molecule has 2 N–H and O–H groups in total. The van der Waals surface area contributed by atoms with Crippen LogP contribution in [0.3, 0.4) is 0 Å². The molecule has 8 nitrogen and oxygen atoms in total. The smallest absolute Gasteiger partial charge is 0.419 e. The maximum Gasteiger partial charge on any atom is 0.419 e. The molecule has 2 aliphatic rings. The van der Waals surface area contributed by atoms with E-state index in [1.165, 1.54) is 13.0 Å². The first kappa shape index (κ1) is 37.1. The molecule has 1 saturated heterocycles. The lowest BCUT2D eigenvalue weighted by Gasteiger charge is -2.34. The molecule has 1 aromatic heterocycles. The van der Waals surface area contributed by atoms with E-state index in [9.17, 15) is 41.4 Å². The van der Waals surface area contributed by atoms with Crippen LogP contribution in [-0.2, 0) is 28.6 Å². The van der Waals surface area contributed by atoms with E-state index in [-0.39, 0.29) is 36.2 Å². The van der Waals surface area contributed by atoms with Gasteiger partial charge in [-0.1, -0.05) is 25.7 Å². The summed E-state index contributed by atoms with van der Waals surface area (Å²) in [7, 11) is 0. The number of amides is 1. The summed E-state index contributed by atoms with van der Waals surface area (Å²) in [6.45, 7) is 4.11. The van der Waals surface area contributed by atoms with Gasteiger partial charge in [-0.2, -0.15) is 18.3 Å². The van der Waals surface area contributed by atoms with Gasteiger partial charge in [0, 0.05) is 37.2 Å². The lowest BCUT2D eigenvalue weighted by atomic mass is 9.87. The summed E-state index contributed by atoms with van der Waals surface area (Å²) in [6.07, 6.45) is -3.24. The molecule has 50 heavy (non-hydrogen) atoms. The largest absolute Gasteiger partial charge is 0.481 e. The summed E-state index contributed by atoms with van der Waals surface area (Å²) >= 11 is 0. The van der Waals surface area contributed by atoms with Gasteiger partial charge in [-0.05, 0) is 85.7 Å². The summed E-state index contributed by atoms with van der Waals surface area (Å²) in [5, 5.41) is 16.7. The number of hydrogen-bond donors (Lipinski definition) is 2. The van der Waals surface area contributed by atoms with Gasteiger partial charge < -0.3 is 10.4 Å². The predicted molar refractivity (Wildman–Crippen MR) is 173 cm³/mol. The van der Waals surface area contributed by atoms with E-state index < -0.39 is 71.0 Å². The second-order valence-corrected chi connectivity index (χ2v) is 13.3. The molecule has 0 spiro atoms. The fourth-order valence-corrected chi connectivity index (χ4v) is 6.90. The number of carbonyl (C=O) groups excluding carboxylic acids is 1. The maximum atomic E-state index is 15.9. The van der Waals surface area contributed by atoms with Crippen molar-refractivity contribution in [2.45, 2.75) is 96.1 Å². The van der Waals surface area contributed by atoms with Crippen molar-refractivity contribution in [3.05, 3.63) is 85.8 Å². The number of likely N-dealkylation sites (tertiary alicyclic amines) is 1. The lowest BCUT2D eigenvalue weighted by Crippen LogP contribution is -2.49. The van der Waals surface area contributed by atoms with Gasteiger partial charge in [0.05, 0.1) is 23.7 Å². The number of alkyl halides is 4. The zero-order valence-corrected chi connectivity index (χ0v) is 27.9. The topological polar surface area (TPSA) is 105 Å². The van der Waals surface area contributed by atoms with E-state index in [0.29, 0.717) is 74.4 Å². The van der Waals surface area contributed by atoms with Crippen molar-refractivity contribution in [1.29, 1.82) is 0 Å². The minimum atomic E-state index is -5.19. The summed E-state index contributed by atoms with van der Waals surface area (Å²) < 4.78 is 87.9. The monoisotopic (exact) mass is 706 g/mol. The number of carbonyl (C=O) groups is 2. The number of benzene rings is 2. The average Bonchev–Trinajstić information content (AvgIpc) is 3.00. The molecular weight excluding hydrogens is 666 g/mol. The highest BCUT2D eigenvalue weighted by atomic mass is 19.4. The van der Waals surface area contributed by atoms with Gasteiger partial charge in [-0.15, -0.1) is 0 Å². The first-order chi connectivity index (χ1) is 23.6. The molecule has 5 rings (SSSR count). The number of carboxylic acid groups (broad SMARTS) is 1. The number of aliphatic carboxylic acids is 1. The van der Waals surface area contributed by atoms with Crippen molar-refractivity contribution in [2.75, 3.05) is 19.6 Å². The van der Waals surface area contributed by atoms with Crippen molar-refractivity contribution in [3.8, 4) is 11.1 Å². The summed E-state index contributed by atoms with van der Waals surface area (Å²) in [6, 6.07) is 2.62. The number of hydrogen-bond acceptors (Lipinski definition) is 5. The number of aromatic nitrogens is 2. The molecule has 0 aliphatic carbocycles. The Bertz CT molecular complexity index is 1800. The SMILES string of the molecule is Cc1cc(F)cc2c1-c1cc(c(F)c(C(F)(F)F)c1)[C@H](CC(=O)O)NC(=O)[C@@H](n1nc(CCN3CC(F)C3)cc(C)c1=O)CCCCCCC2. The van der Waals surface area contributed by atoms with Crippen LogP contribution in [0.2, 0.25) is 0 Å². The molecule has 3 heterocycles. The number of carboxylic acids is 1. The molecule has 3 aromatic rings. The van der Waals surface area contributed by atoms with Gasteiger partial charge >= 0.3 is 12.1 Å². The third-order valence-corrected chi connectivity index (χ3v) is 9.43. The van der Waals surface area contributed by atoms with E-state index >= 15 is 4.39 Å². The number of rotatable bonds is 6. The third-order valence-electron chi connectivity index (χ3n) is 9.43. The van der Waals surface area contributed by atoms with Crippen LogP contribution in [0.5, 0.6) is 0 Å². The third kappa shape index (κ3) is 8.56. The van der Waals surface area contributed by atoms with Gasteiger partial charge in [-0.3, -0.25) is 19.3 Å². The second-order valence-electron chi connectivity index (χ2n) is 13.3. The van der Waals surface area contributed by atoms with Crippen molar-refractivity contribution in [2.24, 2.45) is 0 Å². The molecule has 2 atom stereocenters. The van der Waals surface area contributed by atoms with Crippen LogP contribution >= 0.6 is 0 Å². The van der Waals surface area contributed by atoms with Crippen LogP contribution in [0, 0.1) is 25.5 Å². The number of halogens is 6. The highest BCUT2D eigenvalue weighted by molar-refractivity contribution is 5.82. The Balaban J connectivity index is 1.62. The molecule has 14 heteroatoms. The molecular formula is C36H40F6N4O4. The van der Waals surface area contributed by atoms with E-state index in [0.717, 1.165) is 16.8 Å². The zero-order chi connectivity index (χ0) is 36.3. The second kappa shape index (κ2) is 15.4. The highest BCUT2D eigenvalue weighted by Crippen LogP contribution is 2.40. The van der Waals surface area contributed by atoms with Crippen molar-refractivity contribution < 1.29 is 41.0 Å². The van der Waals surface area contributed by atoms with Crippen LogP contribution < -0.4 is 10.9 Å². The van der Waals surface area contributed by atoms with Gasteiger partial charge in [-0.25, -0.2) is 17.9 Å². The molecule has 1 amide bonds. The standard InChI is InChI=1S/C36H40F6N4O4/c1-20-12-24(37)14-22-8-6-4-3-5-7-9-30(46-35(50)21(2)13-26(44-46)10-11-45-18-25(38)19-45)34(49)43-29(17-31(47)48)27-15-23(32(20)22)16-28(33(27)39)36(40,41)42/h12-16,25,29-30H,3-11,17-19H2,1-2H3,(H,43,49)(H,47,48)/t29-,30-/m0/s1. The lowest BCUT2D eigenvalue weighted by molar-refractivity contribution is -0.140. The summed E-state index contributed by atoms with van der Waals surface area (Å²) in [5.74, 6) is -4.75. The Morgan fingerprint density at radius 2 is 1.68 bits per heavy atom. The summed E-state index contributed by atoms with van der Waals surface area (Å²) in [4.78, 5) is 41.4. The molecule has 2 aromatic carbocycles. The van der Waals surface area contributed by atoms with Crippen LogP contribution in [-0.4, -0.2) is 57.5 Å². The van der Waals surface area contributed by atoms with E-state index in [1.807, 2.05) is 4.90 Å². The van der Waals surface area contributed by atoms with Gasteiger partial charge in [0.1, 0.15) is 23.8 Å². The first-order valence-corrected chi connectivity index (χ1v) is 16.8. The Morgan fingerprint density at radius 1 is 0.980 bits per heavy atom. The number of nitrogens with one attached hydrogen (secondary N) is 1. The normalized spacial score (nSPS) is 19.8. The van der Waals surface area contributed by atoms with Crippen molar-refractivity contribution in [1.82, 2.24) is 20.0 Å². The highest BCUT2D eigenvalue weighted by Gasteiger charge is 2.38. The van der Waals surface area contributed by atoms with E-state index in [2.05, 4.69) is 10.4 Å². The number of aryl methyl sites for hydroxylation is 3. The average molecular weight is 707 g/mol. The first-order valence-electron chi connectivity index (χ1n) is 16.8. The van der Waals surface area contributed by atoms with Crippen LogP contribution in [0.1, 0.15) is 90.5 Å². The molecule has 0 radical (unpaired) electrons. The summed E-state index contributed by atoms with van der Waals surface area (Å²) in [5.41, 5.74) is -1.31. The quantitative estimate of drug-likeness (QED) is 0.274. The fraction of sp³-hybridized carbons (Fsp3) is 0.500. The molecule has 0 saturated carbocycles. The van der Waals surface area contributed by atoms with Gasteiger partial charge in [0.15, 0.2) is 0 Å². The minimum Gasteiger partial charge on any atom is -0.481 e. The number of nitrogens with zero attached hydrogens (tertiary/aromatic N) is 3. The molecule has 2 aliphatic heterocycles. The van der Waals surface area contributed by atoms with Gasteiger partial charge in [0.25, 0.3) is 5.56 Å². The maximum absolute atomic E-state index is 15.9. The van der Waals surface area contributed by atoms with E-state index in [1.54, 1.807) is 13.0 Å². The fourth-order valence-electron chi connectivity index (χ4n) is 6.90. The molecule has 2 bridgehead atoms. The molecule has 270 valence electrons. The van der Waals surface area contributed by atoms with Crippen LogP contribution in [0.4, 0.5) is 26.3 Å². The van der Waals surface area contributed by atoms with Crippen LogP contribution in [0.25, 0.3) is 11.1 Å². The Kier molecular flexibility index (Phi) is 11.4. The zero-order valence-electron chi connectivity index (χ0n) is 27.9. The number of fused-ring (bicyclic) bond motifs is 4. The Morgan fingerprint density at radius 3 is 2.36 bits per heavy atom. The minimum absolute atomic E-state index is 0.0840. The predicted octanol–water partition coefficient (Wildman–Crippen LogP) is 6.79. The molecule has 1 fully saturated rings. The molecule has 0 unspecified atom stereocenters. The van der Waals surface area contributed by atoms with Crippen LogP contribution in [0.15, 0.2) is 35.1 Å². The Labute approximate surface area is 285 Å². The van der Waals surface area contributed by atoms with Crippen molar-refractivity contribution >= 4 is 11.9 Å². The Hall–Kier alpha value is -4.20.